The van der Waals surface area contributed by atoms with Crippen LogP contribution in [0.25, 0.3) is 10.6 Å². The molecule has 7 heteroatoms. The van der Waals surface area contributed by atoms with Crippen molar-refractivity contribution in [2.75, 3.05) is 0 Å². The zero-order valence-electron chi connectivity index (χ0n) is 11.5. The molecule has 2 N–H and O–H groups in total. The van der Waals surface area contributed by atoms with Gasteiger partial charge in [0.2, 0.25) is 5.91 Å². The third-order valence-electron chi connectivity index (χ3n) is 2.65. The van der Waals surface area contributed by atoms with E-state index in [2.05, 4.69) is 15.8 Å². The molecule has 0 fully saturated rings. The van der Waals surface area contributed by atoms with Crippen LogP contribution in [0, 0.1) is 5.92 Å². The summed E-state index contributed by atoms with van der Waals surface area (Å²) in [4.78, 5) is 27.5. The largest absolute Gasteiger partial charge is 0.289 e. The number of halogens is 1. The Kier molecular flexibility index (Phi) is 4.93. The van der Waals surface area contributed by atoms with Crippen molar-refractivity contribution in [2.24, 2.45) is 5.92 Å². The van der Waals surface area contributed by atoms with Crippen LogP contribution in [0.15, 0.2) is 29.6 Å². The van der Waals surface area contributed by atoms with E-state index in [4.69, 9.17) is 11.6 Å². The van der Waals surface area contributed by atoms with Gasteiger partial charge >= 0.3 is 0 Å². The Balaban J connectivity index is 2.04. The fourth-order valence-electron chi connectivity index (χ4n) is 1.43. The van der Waals surface area contributed by atoms with Crippen LogP contribution in [0.4, 0.5) is 0 Å². The maximum absolute atomic E-state index is 11.9. The van der Waals surface area contributed by atoms with Gasteiger partial charge in [-0.15, -0.1) is 11.3 Å². The molecule has 5 nitrogen and oxygen atoms in total. The highest BCUT2D eigenvalue weighted by molar-refractivity contribution is 7.13. The summed E-state index contributed by atoms with van der Waals surface area (Å²) in [5, 5.41) is 3.00. The Morgan fingerprint density at radius 3 is 2.48 bits per heavy atom. The maximum Gasteiger partial charge on any atom is 0.289 e. The first-order valence-corrected chi connectivity index (χ1v) is 7.55. The second-order valence-corrected chi connectivity index (χ2v) is 5.94. The second kappa shape index (κ2) is 6.69. The van der Waals surface area contributed by atoms with Crippen LogP contribution in [0.1, 0.15) is 24.3 Å². The number of nitrogens with one attached hydrogen (secondary N) is 2. The van der Waals surface area contributed by atoms with E-state index >= 15 is 0 Å². The molecule has 2 amide bonds. The smallest absolute Gasteiger partial charge is 0.273 e. The number of benzene rings is 1. The van der Waals surface area contributed by atoms with Crippen LogP contribution in [-0.2, 0) is 4.79 Å². The van der Waals surface area contributed by atoms with E-state index in [1.54, 1.807) is 31.4 Å². The SMILES string of the molecule is CC(C)C(=O)NNC(=O)c1csc(-c2ccc(Cl)cc2)n1. The van der Waals surface area contributed by atoms with Crippen molar-refractivity contribution >= 4 is 34.8 Å². The Morgan fingerprint density at radius 1 is 1.19 bits per heavy atom. The van der Waals surface area contributed by atoms with E-state index in [9.17, 15) is 9.59 Å². The van der Waals surface area contributed by atoms with Crippen molar-refractivity contribution in [3.8, 4) is 10.6 Å². The zero-order valence-corrected chi connectivity index (χ0v) is 13.1. The van der Waals surface area contributed by atoms with Crippen LogP contribution in [0.3, 0.4) is 0 Å². The minimum Gasteiger partial charge on any atom is -0.273 e. The number of hydrazine groups is 1. The summed E-state index contributed by atoms with van der Waals surface area (Å²) in [6.07, 6.45) is 0. The van der Waals surface area contributed by atoms with Crippen molar-refractivity contribution in [3.63, 3.8) is 0 Å². The molecule has 0 aliphatic carbocycles. The van der Waals surface area contributed by atoms with Gasteiger partial charge in [-0.25, -0.2) is 4.98 Å². The van der Waals surface area contributed by atoms with Gasteiger partial charge in [-0.05, 0) is 12.1 Å². The maximum atomic E-state index is 11.9. The highest BCUT2D eigenvalue weighted by Crippen LogP contribution is 2.24. The van der Waals surface area contributed by atoms with E-state index in [0.717, 1.165) is 5.56 Å². The van der Waals surface area contributed by atoms with Gasteiger partial charge in [0.1, 0.15) is 10.7 Å². The fourth-order valence-corrected chi connectivity index (χ4v) is 2.36. The lowest BCUT2D eigenvalue weighted by Gasteiger charge is -2.07. The first-order valence-electron chi connectivity index (χ1n) is 6.29. The molecule has 0 aliphatic rings. The lowest BCUT2D eigenvalue weighted by atomic mass is 10.2. The van der Waals surface area contributed by atoms with Crippen molar-refractivity contribution < 1.29 is 9.59 Å². The van der Waals surface area contributed by atoms with Gasteiger partial charge < -0.3 is 0 Å². The number of carbonyl (C=O) groups excluding carboxylic acids is 2. The first-order chi connectivity index (χ1) is 9.97. The molecule has 1 aromatic carbocycles. The number of rotatable bonds is 3. The molecule has 1 heterocycles. The summed E-state index contributed by atoms with van der Waals surface area (Å²) in [6, 6.07) is 7.20. The molecule has 0 radical (unpaired) electrons. The van der Waals surface area contributed by atoms with Crippen LogP contribution in [0.5, 0.6) is 0 Å². The van der Waals surface area contributed by atoms with E-state index in [0.29, 0.717) is 10.0 Å². The van der Waals surface area contributed by atoms with Crippen molar-refractivity contribution in [1.29, 1.82) is 0 Å². The Labute approximate surface area is 131 Å². The predicted octanol–water partition coefficient (Wildman–Crippen LogP) is 2.88. The summed E-state index contributed by atoms with van der Waals surface area (Å²) in [5.74, 6) is -0.901. The monoisotopic (exact) mass is 323 g/mol. The molecular weight excluding hydrogens is 310 g/mol. The summed E-state index contributed by atoms with van der Waals surface area (Å²) >= 11 is 7.18. The molecule has 21 heavy (non-hydrogen) atoms. The molecule has 2 rings (SSSR count). The van der Waals surface area contributed by atoms with E-state index in [1.165, 1.54) is 11.3 Å². The molecule has 0 bridgehead atoms. The van der Waals surface area contributed by atoms with Crippen molar-refractivity contribution in [3.05, 3.63) is 40.4 Å². The number of carbonyl (C=O) groups is 2. The third kappa shape index (κ3) is 4.03. The van der Waals surface area contributed by atoms with E-state index < -0.39 is 5.91 Å². The average molecular weight is 324 g/mol. The fraction of sp³-hybridized carbons (Fsp3) is 0.214. The van der Waals surface area contributed by atoms with E-state index in [1.807, 2.05) is 12.1 Å². The third-order valence-corrected chi connectivity index (χ3v) is 3.79. The highest BCUT2D eigenvalue weighted by Gasteiger charge is 2.13. The summed E-state index contributed by atoms with van der Waals surface area (Å²) in [6.45, 7) is 3.48. The number of nitrogens with zero attached hydrogens (tertiary/aromatic N) is 1. The van der Waals surface area contributed by atoms with Gasteiger partial charge in [0.25, 0.3) is 5.91 Å². The molecule has 0 saturated carbocycles. The Hall–Kier alpha value is -1.92. The molecule has 1 aromatic heterocycles. The molecule has 0 atom stereocenters. The van der Waals surface area contributed by atoms with Gasteiger partial charge in [-0.2, -0.15) is 0 Å². The Morgan fingerprint density at radius 2 is 1.86 bits per heavy atom. The number of aromatic nitrogens is 1. The molecular formula is C14H14ClN3O2S. The lowest BCUT2D eigenvalue weighted by molar-refractivity contribution is -0.124. The standard InChI is InChI=1S/C14H14ClN3O2S/c1-8(2)12(19)17-18-13(20)11-7-21-14(16-11)9-3-5-10(15)6-4-9/h3-8H,1-2H3,(H,17,19)(H,18,20). The Bertz CT molecular complexity index is 652. The average Bonchev–Trinajstić information content (AvgIpc) is 2.94. The summed E-state index contributed by atoms with van der Waals surface area (Å²) in [7, 11) is 0. The first kappa shape index (κ1) is 15.5. The quantitative estimate of drug-likeness (QED) is 0.853. The van der Waals surface area contributed by atoms with Gasteiger partial charge in [-0.3, -0.25) is 20.4 Å². The normalized spacial score (nSPS) is 10.5. The number of thiazole rings is 1. The molecule has 2 aromatic rings. The topological polar surface area (TPSA) is 71.1 Å². The molecule has 0 spiro atoms. The van der Waals surface area contributed by atoms with Crippen molar-refractivity contribution in [1.82, 2.24) is 15.8 Å². The molecule has 0 aliphatic heterocycles. The van der Waals surface area contributed by atoms with Crippen LogP contribution in [-0.4, -0.2) is 16.8 Å². The van der Waals surface area contributed by atoms with Gasteiger partial charge in [0.05, 0.1) is 0 Å². The van der Waals surface area contributed by atoms with E-state index in [-0.39, 0.29) is 17.5 Å². The minimum atomic E-state index is -0.444. The highest BCUT2D eigenvalue weighted by atomic mass is 35.5. The number of hydrogen-bond acceptors (Lipinski definition) is 4. The zero-order chi connectivity index (χ0) is 15.4. The molecule has 0 saturated heterocycles. The molecule has 110 valence electrons. The summed E-state index contributed by atoms with van der Waals surface area (Å²) < 4.78 is 0. The van der Waals surface area contributed by atoms with Gasteiger partial charge in [0, 0.05) is 21.9 Å². The van der Waals surface area contributed by atoms with Crippen LogP contribution >= 0.6 is 22.9 Å². The molecule has 0 unspecified atom stereocenters. The van der Waals surface area contributed by atoms with Crippen LogP contribution in [0.2, 0.25) is 5.02 Å². The number of amides is 2. The van der Waals surface area contributed by atoms with Gasteiger partial charge in [-0.1, -0.05) is 37.6 Å². The van der Waals surface area contributed by atoms with Crippen LogP contribution < -0.4 is 10.9 Å². The minimum absolute atomic E-state index is 0.203. The second-order valence-electron chi connectivity index (χ2n) is 4.64. The number of hydrogen-bond donors (Lipinski definition) is 2. The van der Waals surface area contributed by atoms with Crippen molar-refractivity contribution in [2.45, 2.75) is 13.8 Å². The summed E-state index contributed by atoms with van der Waals surface area (Å²) in [5.41, 5.74) is 5.83. The lowest BCUT2D eigenvalue weighted by Crippen LogP contribution is -2.43. The predicted molar refractivity (Wildman–Crippen MR) is 83.0 cm³/mol. The van der Waals surface area contributed by atoms with Gasteiger partial charge in [0.15, 0.2) is 0 Å².